The largest absolute Gasteiger partial charge is 0.318 e. The van der Waals surface area contributed by atoms with E-state index >= 15 is 0 Å². The molecule has 0 spiro atoms. The number of hydrogen-bond donors (Lipinski definition) is 0. The van der Waals surface area contributed by atoms with Crippen molar-refractivity contribution in [3.8, 4) is 0 Å². The zero-order chi connectivity index (χ0) is 21.3. The molecule has 1 amide bonds. The van der Waals surface area contributed by atoms with Gasteiger partial charge in [0, 0.05) is 24.4 Å². The summed E-state index contributed by atoms with van der Waals surface area (Å²) in [5.41, 5.74) is 0.830. The Morgan fingerprint density at radius 2 is 1.83 bits per heavy atom. The van der Waals surface area contributed by atoms with Crippen LogP contribution < -0.4 is 5.56 Å². The van der Waals surface area contributed by atoms with E-state index < -0.39 is 29.0 Å². The molecule has 0 aliphatic carbocycles. The molecule has 29 heavy (non-hydrogen) atoms. The Balaban J connectivity index is 2.01. The van der Waals surface area contributed by atoms with Gasteiger partial charge in [-0.3, -0.25) is 24.0 Å². The highest BCUT2D eigenvalue weighted by Crippen LogP contribution is 2.19. The van der Waals surface area contributed by atoms with Crippen LogP contribution in [-0.2, 0) is 25.7 Å². The van der Waals surface area contributed by atoms with Gasteiger partial charge in [-0.25, -0.2) is 0 Å². The van der Waals surface area contributed by atoms with E-state index in [2.05, 4.69) is 0 Å². The summed E-state index contributed by atoms with van der Waals surface area (Å²) < 4.78 is 1.35. The highest BCUT2D eigenvalue weighted by Gasteiger charge is 2.37. The van der Waals surface area contributed by atoms with E-state index in [9.17, 15) is 24.0 Å². The summed E-state index contributed by atoms with van der Waals surface area (Å²) in [6, 6.07) is 8.71. The number of Topliss-reactive ketones (excluding diaryl/α,β-unsaturated/α-hetero) is 1. The fraction of sp³-hybridized carbons (Fsp3) is 0.227. The van der Waals surface area contributed by atoms with Crippen LogP contribution in [0.2, 0.25) is 0 Å². The molecule has 2 aromatic rings. The second-order valence-electron chi connectivity index (χ2n) is 7.01. The molecule has 0 saturated heterocycles. The zero-order valence-electron chi connectivity index (χ0n) is 16.3. The summed E-state index contributed by atoms with van der Waals surface area (Å²) in [7, 11) is 1.49. The molecule has 2 heterocycles. The Morgan fingerprint density at radius 3 is 2.52 bits per heavy atom. The number of fused-ring (bicyclic) bond motifs is 1. The standard InChI is InChI=1S/C22H20N2O5/c1-13-10-19(27)20(22(29)23(13)3)18(26)9-8-16-11-15-6-4-5-7-17(15)24(21(16)28)12-14(2)25/h4-11,20H,12H2,1-3H3/b9-8+. The Labute approximate surface area is 166 Å². The van der Waals surface area contributed by atoms with Crippen LogP contribution in [0.4, 0.5) is 0 Å². The second-order valence-corrected chi connectivity index (χ2v) is 7.01. The van der Waals surface area contributed by atoms with Crippen molar-refractivity contribution in [1.82, 2.24) is 9.47 Å². The number of allylic oxidation sites excluding steroid dienone is 3. The summed E-state index contributed by atoms with van der Waals surface area (Å²) in [5, 5.41) is 0.726. The fourth-order valence-corrected chi connectivity index (χ4v) is 3.25. The summed E-state index contributed by atoms with van der Waals surface area (Å²) >= 11 is 0. The summed E-state index contributed by atoms with van der Waals surface area (Å²) in [6.07, 6.45) is 3.62. The maximum absolute atomic E-state index is 12.8. The quantitative estimate of drug-likeness (QED) is 0.571. The molecule has 1 unspecified atom stereocenters. The molecule has 7 heteroatoms. The molecule has 0 fully saturated rings. The van der Waals surface area contributed by atoms with Crippen molar-refractivity contribution in [1.29, 1.82) is 0 Å². The first kappa shape index (κ1) is 20.1. The van der Waals surface area contributed by atoms with Crippen LogP contribution >= 0.6 is 0 Å². The number of para-hydroxylation sites is 1. The molecular formula is C22H20N2O5. The number of hydrogen-bond acceptors (Lipinski definition) is 5. The van der Waals surface area contributed by atoms with Gasteiger partial charge in [0.05, 0.1) is 12.1 Å². The Hall–Kier alpha value is -3.61. The van der Waals surface area contributed by atoms with Gasteiger partial charge in [-0.1, -0.05) is 18.2 Å². The van der Waals surface area contributed by atoms with Crippen LogP contribution in [0.15, 0.2) is 53.0 Å². The number of carbonyl (C=O) groups excluding carboxylic acids is 4. The van der Waals surface area contributed by atoms with E-state index in [1.54, 1.807) is 37.3 Å². The third-order valence-corrected chi connectivity index (χ3v) is 4.87. The topological polar surface area (TPSA) is 93.5 Å². The van der Waals surface area contributed by atoms with Crippen molar-refractivity contribution in [3.05, 3.63) is 64.1 Å². The number of carbonyl (C=O) groups is 4. The molecule has 1 aliphatic heterocycles. The van der Waals surface area contributed by atoms with Crippen LogP contribution in [-0.4, -0.2) is 39.8 Å². The van der Waals surface area contributed by atoms with Gasteiger partial charge in [0.2, 0.25) is 5.91 Å². The van der Waals surface area contributed by atoms with Crippen LogP contribution in [0, 0.1) is 5.92 Å². The number of benzene rings is 1. The molecule has 148 valence electrons. The van der Waals surface area contributed by atoms with Crippen LogP contribution in [0.25, 0.3) is 17.0 Å². The molecule has 0 saturated carbocycles. The maximum atomic E-state index is 12.8. The summed E-state index contributed by atoms with van der Waals surface area (Å²) in [4.78, 5) is 62.7. The fourth-order valence-electron chi connectivity index (χ4n) is 3.25. The molecule has 0 N–H and O–H groups in total. The van der Waals surface area contributed by atoms with Crippen molar-refractivity contribution >= 4 is 40.2 Å². The second kappa shape index (κ2) is 7.79. The average Bonchev–Trinajstić information content (AvgIpc) is 2.67. The lowest BCUT2D eigenvalue weighted by atomic mass is 9.92. The van der Waals surface area contributed by atoms with E-state index in [1.807, 2.05) is 0 Å². The van der Waals surface area contributed by atoms with Gasteiger partial charge in [0.1, 0.15) is 5.78 Å². The highest BCUT2D eigenvalue weighted by atomic mass is 16.2. The van der Waals surface area contributed by atoms with Gasteiger partial charge in [-0.15, -0.1) is 0 Å². The first-order chi connectivity index (χ1) is 13.7. The number of rotatable bonds is 5. The van der Waals surface area contributed by atoms with Crippen molar-refractivity contribution in [2.75, 3.05) is 7.05 Å². The summed E-state index contributed by atoms with van der Waals surface area (Å²) in [5.74, 6) is -3.50. The van der Waals surface area contributed by atoms with E-state index in [1.165, 1.54) is 35.6 Å². The van der Waals surface area contributed by atoms with Gasteiger partial charge in [-0.2, -0.15) is 0 Å². The Morgan fingerprint density at radius 1 is 1.14 bits per heavy atom. The smallest absolute Gasteiger partial charge is 0.258 e. The Bertz CT molecular complexity index is 1170. The predicted molar refractivity (Wildman–Crippen MR) is 108 cm³/mol. The van der Waals surface area contributed by atoms with E-state index in [0.717, 1.165) is 11.5 Å². The lowest BCUT2D eigenvalue weighted by Gasteiger charge is -2.25. The van der Waals surface area contributed by atoms with Gasteiger partial charge in [0.15, 0.2) is 17.5 Å². The van der Waals surface area contributed by atoms with E-state index in [0.29, 0.717) is 11.2 Å². The molecule has 7 nitrogen and oxygen atoms in total. The number of nitrogens with zero attached hydrogens (tertiary/aromatic N) is 2. The van der Waals surface area contributed by atoms with Crippen LogP contribution in [0.3, 0.4) is 0 Å². The molecule has 0 bridgehead atoms. The first-order valence-corrected chi connectivity index (χ1v) is 9.04. The minimum atomic E-state index is -1.44. The van der Waals surface area contributed by atoms with Gasteiger partial charge >= 0.3 is 0 Å². The third-order valence-electron chi connectivity index (χ3n) is 4.87. The van der Waals surface area contributed by atoms with Crippen molar-refractivity contribution in [2.24, 2.45) is 5.92 Å². The molecular weight excluding hydrogens is 372 g/mol. The van der Waals surface area contributed by atoms with E-state index in [-0.39, 0.29) is 17.9 Å². The first-order valence-electron chi connectivity index (χ1n) is 9.04. The molecule has 3 rings (SSSR count). The number of aromatic nitrogens is 1. The number of pyridine rings is 1. The van der Waals surface area contributed by atoms with Crippen molar-refractivity contribution in [2.45, 2.75) is 20.4 Å². The highest BCUT2D eigenvalue weighted by molar-refractivity contribution is 6.26. The third kappa shape index (κ3) is 3.85. The van der Waals surface area contributed by atoms with Crippen LogP contribution in [0.1, 0.15) is 19.4 Å². The lowest BCUT2D eigenvalue weighted by Crippen LogP contribution is -2.43. The van der Waals surface area contributed by atoms with Gasteiger partial charge in [0.25, 0.3) is 5.56 Å². The van der Waals surface area contributed by atoms with Crippen LogP contribution in [0.5, 0.6) is 0 Å². The molecule has 1 aromatic carbocycles. The maximum Gasteiger partial charge on any atom is 0.258 e. The van der Waals surface area contributed by atoms with Gasteiger partial charge < -0.3 is 9.47 Å². The molecule has 1 aliphatic rings. The lowest BCUT2D eigenvalue weighted by molar-refractivity contribution is -0.143. The normalized spacial score (nSPS) is 17.1. The zero-order valence-corrected chi connectivity index (χ0v) is 16.3. The number of ketones is 3. The molecule has 1 aromatic heterocycles. The number of amides is 1. The minimum Gasteiger partial charge on any atom is -0.318 e. The van der Waals surface area contributed by atoms with Gasteiger partial charge in [-0.05, 0) is 43.5 Å². The van der Waals surface area contributed by atoms with Crippen molar-refractivity contribution in [3.63, 3.8) is 0 Å². The van der Waals surface area contributed by atoms with E-state index in [4.69, 9.17) is 0 Å². The summed E-state index contributed by atoms with van der Waals surface area (Å²) in [6.45, 7) is 2.90. The average molecular weight is 392 g/mol. The SMILES string of the molecule is CC(=O)Cn1c(=O)c(/C=C/C(=O)C2C(=O)C=C(C)N(C)C2=O)cc2ccccc21. The monoisotopic (exact) mass is 392 g/mol. The predicted octanol–water partition coefficient (Wildman–Crippen LogP) is 1.73. The Kier molecular flexibility index (Phi) is 5.41. The minimum absolute atomic E-state index is 0.0938. The molecule has 1 atom stereocenters. The van der Waals surface area contributed by atoms with Crippen molar-refractivity contribution < 1.29 is 19.2 Å². The molecule has 0 radical (unpaired) electrons.